The Hall–Kier alpha value is -2.19. The summed E-state index contributed by atoms with van der Waals surface area (Å²) in [5.41, 5.74) is 0.855. The molecule has 0 saturated heterocycles. The third-order valence-corrected chi connectivity index (χ3v) is 6.97. The molecule has 0 aromatic heterocycles. The van der Waals surface area contributed by atoms with E-state index in [0.29, 0.717) is 10.7 Å². The van der Waals surface area contributed by atoms with Gasteiger partial charge in [0.1, 0.15) is 6.54 Å². The third-order valence-electron chi connectivity index (χ3n) is 4.01. The molecule has 0 unspecified atom stereocenters. The van der Waals surface area contributed by atoms with Gasteiger partial charge in [-0.3, -0.25) is 9.10 Å². The molecule has 0 aliphatic rings. The minimum Gasteiger partial charge on any atom is -0.323 e. The number of hydrogen-bond donors (Lipinski definition) is 1. The molecule has 0 heterocycles. The lowest BCUT2D eigenvalue weighted by Crippen LogP contribution is -2.37. The zero-order valence-electron chi connectivity index (χ0n) is 15.9. The molecule has 5 nitrogen and oxygen atoms in total. The normalized spacial score (nSPS) is 11.2. The van der Waals surface area contributed by atoms with Crippen LogP contribution in [-0.2, 0) is 14.8 Å². The van der Waals surface area contributed by atoms with Crippen molar-refractivity contribution in [3.8, 4) is 0 Å². The quantitative estimate of drug-likeness (QED) is 0.481. The first-order valence-electron chi connectivity index (χ1n) is 8.78. The van der Waals surface area contributed by atoms with Crippen molar-refractivity contribution >= 4 is 62.3 Å². The van der Waals surface area contributed by atoms with E-state index in [4.69, 9.17) is 23.2 Å². The fourth-order valence-corrected chi connectivity index (χ4v) is 4.70. The van der Waals surface area contributed by atoms with Crippen LogP contribution in [0.4, 0.5) is 11.4 Å². The van der Waals surface area contributed by atoms with E-state index in [1.54, 1.807) is 12.1 Å². The molecule has 9 heteroatoms. The van der Waals surface area contributed by atoms with Crippen LogP contribution in [0.25, 0.3) is 0 Å². The fraction of sp³-hybridized carbons (Fsp3) is 0.0952. The zero-order chi connectivity index (χ0) is 21.7. The lowest BCUT2D eigenvalue weighted by molar-refractivity contribution is -0.114. The van der Waals surface area contributed by atoms with E-state index >= 15 is 0 Å². The van der Waals surface area contributed by atoms with Gasteiger partial charge in [-0.1, -0.05) is 65.3 Å². The number of halogens is 2. The molecule has 3 rings (SSSR count). The van der Waals surface area contributed by atoms with E-state index in [0.717, 1.165) is 20.4 Å². The van der Waals surface area contributed by atoms with Gasteiger partial charge >= 0.3 is 0 Å². The van der Waals surface area contributed by atoms with Gasteiger partial charge in [0.2, 0.25) is 15.9 Å². The number of anilines is 2. The van der Waals surface area contributed by atoms with Crippen LogP contribution in [0, 0.1) is 0 Å². The molecule has 1 amide bonds. The number of nitrogens with one attached hydrogen (secondary N) is 1. The molecule has 0 aliphatic carbocycles. The first kappa shape index (κ1) is 22.5. The molecule has 0 atom stereocenters. The van der Waals surface area contributed by atoms with Gasteiger partial charge in [0.25, 0.3) is 0 Å². The zero-order valence-corrected chi connectivity index (χ0v) is 19.0. The van der Waals surface area contributed by atoms with Crippen molar-refractivity contribution in [3.05, 3.63) is 82.8 Å². The van der Waals surface area contributed by atoms with Crippen molar-refractivity contribution < 1.29 is 13.2 Å². The number of hydrogen-bond acceptors (Lipinski definition) is 4. The summed E-state index contributed by atoms with van der Waals surface area (Å²) in [4.78, 5) is 14.6. The summed E-state index contributed by atoms with van der Waals surface area (Å²) in [5, 5.41) is 3.30. The topological polar surface area (TPSA) is 66.5 Å². The van der Waals surface area contributed by atoms with Crippen LogP contribution in [0.3, 0.4) is 0 Å². The van der Waals surface area contributed by atoms with Crippen LogP contribution in [-0.4, -0.2) is 27.1 Å². The summed E-state index contributed by atoms with van der Waals surface area (Å²) in [5.74, 6) is -0.479. The predicted octanol–water partition coefficient (Wildman–Crippen LogP) is 5.55. The van der Waals surface area contributed by atoms with E-state index in [1.165, 1.54) is 30.0 Å². The summed E-state index contributed by atoms with van der Waals surface area (Å²) < 4.78 is 25.6. The molecule has 3 aromatic carbocycles. The van der Waals surface area contributed by atoms with Crippen molar-refractivity contribution in [1.29, 1.82) is 0 Å². The SMILES string of the molecule is CS(=O)(=O)N(CC(=O)Nc1ccccc1Sc1ccccc1)c1ccc(Cl)c(Cl)c1. The number of nitrogens with zero attached hydrogens (tertiary/aromatic N) is 1. The van der Waals surface area contributed by atoms with Crippen LogP contribution < -0.4 is 9.62 Å². The molecular formula is C21H18Cl2N2O3S2. The number of carbonyl (C=O) groups is 1. The highest BCUT2D eigenvalue weighted by Gasteiger charge is 2.22. The average molecular weight is 481 g/mol. The largest absolute Gasteiger partial charge is 0.323 e. The van der Waals surface area contributed by atoms with Gasteiger partial charge in [-0.15, -0.1) is 0 Å². The smallest absolute Gasteiger partial charge is 0.245 e. The van der Waals surface area contributed by atoms with Crippen LogP contribution >= 0.6 is 35.0 Å². The maximum absolute atomic E-state index is 12.7. The van der Waals surface area contributed by atoms with Gasteiger partial charge in [-0.25, -0.2) is 8.42 Å². The Morgan fingerprint density at radius 2 is 1.63 bits per heavy atom. The number of benzene rings is 3. The number of para-hydroxylation sites is 1. The third kappa shape index (κ3) is 5.92. The first-order chi connectivity index (χ1) is 14.2. The molecule has 0 aliphatic heterocycles. The van der Waals surface area contributed by atoms with Gasteiger partial charge in [0, 0.05) is 9.79 Å². The Kier molecular flexibility index (Phi) is 7.31. The second-order valence-electron chi connectivity index (χ2n) is 6.33. The maximum Gasteiger partial charge on any atom is 0.245 e. The van der Waals surface area contributed by atoms with Crippen molar-refractivity contribution in [3.63, 3.8) is 0 Å². The minimum absolute atomic E-state index is 0.202. The Balaban J connectivity index is 1.80. The van der Waals surface area contributed by atoms with Gasteiger partial charge in [-0.05, 0) is 42.5 Å². The molecule has 0 spiro atoms. The van der Waals surface area contributed by atoms with Gasteiger partial charge in [0.15, 0.2) is 0 Å². The molecular weight excluding hydrogens is 463 g/mol. The molecule has 1 N–H and O–H groups in total. The van der Waals surface area contributed by atoms with Crippen molar-refractivity contribution in [2.45, 2.75) is 9.79 Å². The van der Waals surface area contributed by atoms with Gasteiger partial charge in [0.05, 0.1) is 27.7 Å². The Morgan fingerprint density at radius 1 is 0.967 bits per heavy atom. The summed E-state index contributed by atoms with van der Waals surface area (Å²) >= 11 is 13.4. The van der Waals surface area contributed by atoms with Crippen LogP contribution in [0.5, 0.6) is 0 Å². The van der Waals surface area contributed by atoms with E-state index in [-0.39, 0.29) is 10.7 Å². The second-order valence-corrected chi connectivity index (χ2v) is 10.2. The highest BCUT2D eigenvalue weighted by molar-refractivity contribution is 7.99. The van der Waals surface area contributed by atoms with E-state index in [2.05, 4.69) is 5.32 Å². The van der Waals surface area contributed by atoms with Crippen LogP contribution in [0.2, 0.25) is 10.0 Å². The van der Waals surface area contributed by atoms with Crippen molar-refractivity contribution in [1.82, 2.24) is 0 Å². The van der Waals surface area contributed by atoms with Crippen molar-refractivity contribution in [2.24, 2.45) is 0 Å². The van der Waals surface area contributed by atoms with Crippen LogP contribution in [0.15, 0.2) is 82.6 Å². The Bertz CT molecular complexity index is 1160. The standard InChI is InChI=1S/C21H18Cl2N2O3S2/c1-30(27,28)25(15-11-12-17(22)18(23)13-15)14-21(26)24-19-9-5-6-10-20(19)29-16-7-3-2-4-8-16/h2-13H,14H2,1H3,(H,24,26). The Labute approximate surface area is 190 Å². The van der Waals surface area contributed by atoms with E-state index in [9.17, 15) is 13.2 Å². The maximum atomic E-state index is 12.7. The van der Waals surface area contributed by atoms with Gasteiger partial charge < -0.3 is 5.32 Å². The molecule has 156 valence electrons. The molecule has 0 bridgehead atoms. The minimum atomic E-state index is -3.73. The van der Waals surface area contributed by atoms with E-state index < -0.39 is 22.5 Å². The molecule has 3 aromatic rings. The monoisotopic (exact) mass is 480 g/mol. The molecule has 30 heavy (non-hydrogen) atoms. The highest BCUT2D eigenvalue weighted by Crippen LogP contribution is 2.33. The summed E-state index contributed by atoms with van der Waals surface area (Å²) in [7, 11) is -3.73. The number of amides is 1. The lowest BCUT2D eigenvalue weighted by Gasteiger charge is -2.22. The summed E-state index contributed by atoms with van der Waals surface area (Å²) in [6.45, 7) is -0.402. The molecule has 0 fully saturated rings. The summed E-state index contributed by atoms with van der Waals surface area (Å²) in [6, 6.07) is 21.5. The van der Waals surface area contributed by atoms with Crippen molar-refractivity contribution in [2.75, 3.05) is 22.4 Å². The number of sulfonamides is 1. The lowest BCUT2D eigenvalue weighted by atomic mass is 10.3. The molecule has 0 radical (unpaired) electrons. The van der Waals surface area contributed by atoms with Crippen LogP contribution in [0.1, 0.15) is 0 Å². The number of rotatable bonds is 7. The summed E-state index contributed by atoms with van der Waals surface area (Å²) in [6.07, 6.45) is 1.03. The average Bonchev–Trinajstić information content (AvgIpc) is 2.70. The first-order valence-corrected chi connectivity index (χ1v) is 12.2. The molecule has 0 saturated carbocycles. The second kappa shape index (κ2) is 9.75. The predicted molar refractivity (Wildman–Crippen MR) is 124 cm³/mol. The van der Waals surface area contributed by atoms with E-state index in [1.807, 2.05) is 42.5 Å². The Morgan fingerprint density at radius 3 is 2.30 bits per heavy atom. The van der Waals surface area contributed by atoms with Gasteiger partial charge in [-0.2, -0.15) is 0 Å². The fourth-order valence-electron chi connectivity index (χ4n) is 2.63. The highest BCUT2D eigenvalue weighted by atomic mass is 35.5. The number of carbonyl (C=O) groups excluding carboxylic acids is 1.